The number of fused-ring (bicyclic) bond motifs is 1. The fourth-order valence-corrected chi connectivity index (χ4v) is 4.45. The summed E-state index contributed by atoms with van der Waals surface area (Å²) in [6.07, 6.45) is 8.89. The van der Waals surface area contributed by atoms with Gasteiger partial charge in [0.15, 0.2) is 0 Å². The normalized spacial score (nSPS) is 25.1. The van der Waals surface area contributed by atoms with E-state index in [0.717, 1.165) is 23.4 Å². The Kier molecular flexibility index (Phi) is 6.18. The maximum absolute atomic E-state index is 11.0. The summed E-state index contributed by atoms with van der Waals surface area (Å²) >= 11 is 0. The molecule has 4 rings (SSSR count). The molecule has 1 aliphatic heterocycles. The molecule has 1 fully saturated rings. The molecule has 2 aliphatic rings. The fourth-order valence-electron chi connectivity index (χ4n) is 4.13. The topological polar surface area (TPSA) is 125 Å². The Morgan fingerprint density at radius 3 is 2.74 bits per heavy atom. The number of nitrogens with two attached hydrogens (primary N) is 1. The van der Waals surface area contributed by atoms with Crippen molar-refractivity contribution in [1.82, 2.24) is 9.97 Å². The molecule has 1 saturated heterocycles. The number of hydrogen-bond donors (Lipinski definition) is 2. The lowest BCUT2D eigenvalue weighted by molar-refractivity contribution is -0.0181. The van der Waals surface area contributed by atoms with Crippen LogP contribution in [0.1, 0.15) is 34.9 Å². The van der Waals surface area contributed by atoms with Crippen LogP contribution in [-0.2, 0) is 32.1 Å². The van der Waals surface area contributed by atoms with Crippen LogP contribution in [0, 0.1) is 12.3 Å². The zero-order valence-electron chi connectivity index (χ0n) is 16.7. The van der Waals surface area contributed by atoms with E-state index in [1.807, 2.05) is 24.3 Å². The second kappa shape index (κ2) is 8.86. The van der Waals surface area contributed by atoms with Crippen molar-refractivity contribution in [2.75, 3.05) is 6.61 Å². The molecule has 0 radical (unpaired) electrons. The van der Waals surface area contributed by atoms with Crippen LogP contribution in [0.3, 0.4) is 0 Å². The van der Waals surface area contributed by atoms with Crippen LogP contribution in [0.25, 0.3) is 5.57 Å². The molecule has 1 unspecified atom stereocenters. The highest BCUT2D eigenvalue weighted by molar-refractivity contribution is 7.84. The van der Waals surface area contributed by atoms with Gasteiger partial charge in [0.2, 0.25) is 0 Å². The number of allylic oxidation sites excluding steroid dienone is 1. The van der Waals surface area contributed by atoms with E-state index in [4.69, 9.17) is 16.3 Å². The molecule has 8 nitrogen and oxygen atoms in total. The van der Waals surface area contributed by atoms with E-state index in [1.54, 1.807) is 0 Å². The van der Waals surface area contributed by atoms with Gasteiger partial charge in [-0.3, -0.25) is 4.18 Å². The molecule has 0 amide bonds. The van der Waals surface area contributed by atoms with E-state index in [1.165, 1.54) is 11.9 Å². The molecule has 1 aromatic carbocycles. The van der Waals surface area contributed by atoms with Crippen molar-refractivity contribution in [2.24, 2.45) is 5.14 Å². The van der Waals surface area contributed by atoms with Crippen molar-refractivity contribution in [2.45, 2.75) is 43.5 Å². The Bertz CT molecular complexity index is 1130. The van der Waals surface area contributed by atoms with E-state index >= 15 is 0 Å². The standard InChI is InChI=1S/C22H23N3O5S/c1-2-15-10-16(19-11-18(26)20(30-19)12-29-31(23,27)28)22-21(15)17(24-13-25-22)9-8-14-6-4-3-5-7-14/h1,3-7,10,13,16,18-20,26H,8-9,11-12H2,(H2,23,27,28)/t16?,18-,19+,20+/m0/s1. The van der Waals surface area contributed by atoms with Crippen molar-refractivity contribution < 1.29 is 22.4 Å². The molecule has 3 N–H and O–H groups in total. The molecule has 2 heterocycles. The van der Waals surface area contributed by atoms with E-state index < -0.39 is 28.6 Å². The first-order valence-electron chi connectivity index (χ1n) is 9.93. The van der Waals surface area contributed by atoms with Crippen molar-refractivity contribution in [3.63, 3.8) is 0 Å². The predicted molar refractivity (Wildman–Crippen MR) is 114 cm³/mol. The number of benzene rings is 1. The second-order valence-corrected chi connectivity index (χ2v) is 8.83. The van der Waals surface area contributed by atoms with Gasteiger partial charge in [0, 0.05) is 23.5 Å². The van der Waals surface area contributed by atoms with Crippen LogP contribution in [0.4, 0.5) is 0 Å². The molecule has 2 aromatic rings. The number of ether oxygens (including phenoxy) is 1. The number of aryl methyl sites for hydroxylation is 2. The Morgan fingerprint density at radius 1 is 1.26 bits per heavy atom. The van der Waals surface area contributed by atoms with Crippen molar-refractivity contribution in [1.29, 1.82) is 0 Å². The summed E-state index contributed by atoms with van der Waals surface area (Å²) < 4.78 is 32.6. The summed E-state index contributed by atoms with van der Waals surface area (Å²) in [4.78, 5) is 8.94. The van der Waals surface area contributed by atoms with Gasteiger partial charge >= 0.3 is 10.3 Å². The van der Waals surface area contributed by atoms with Crippen molar-refractivity contribution >= 4 is 15.9 Å². The minimum atomic E-state index is -4.12. The van der Waals surface area contributed by atoms with Gasteiger partial charge in [-0.2, -0.15) is 8.42 Å². The molecule has 31 heavy (non-hydrogen) atoms. The van der Waals surface area contributed by atoms with E-state index in [2.05, 4.69) is 32.2 Å². The van der Waals surface area contributed by atoms with Gasteiger partial charge in [0.25, 0.3) is 0 Å². The summed E-state index contributed by atoms with van der Waals surface area (Å²) in [5, 5.41) is 15.2. The molecule has 0 spiro atoms. The number of aliphatic hydroxyl groups excluding tert-OH is 1. The molecule has 0 bridgehead atoms. The second-order valence-electron chi connectivity index (χ2n) is 7.61. The molecular formula is C22H23N3O5S. The molecular weight excluding hydrogens is 418 g/mol. The van der Waals surface area contributed by atoms with Gasteiger partial charge in [-0.1, -0.05) is 42.3 Å². The van der Waals surface area contributed by atoms with Crippen LogP contribution in [0.5, 0.6) is 0 Å². The summed E-state index contributed by atoms with van der Waals surface area (Å²) in [5.74, 6) is 2.45. The average molecular weight is 442 g/mol. The van der Waals surface area contributed by atoms with Gasteiger partial charge in [0.1, 0.15) is 12.4 Å². The minimum absolute atomic E-state index is 0.270. The van der Waals surface area contributed by atoms with Crippen LogP contribution in [-0.4, -0.2) is 48.4 Å². The quantitative estimate of drug-likeness (QED) is 0.617. The SMILES string of the molecule is C#CC1=CC([C@H]2C[C@H](O)[C@@H](COS(N)(=O)=O)O2)c2ncnc(CCc3ccccc3)c21. The van der Waals surface area contributed by atoms with Crippen LogP contribution < -0.4 is 5.14 Å². The first-order valence-corrected chi connectivity index (χ1v) is 11.4. The summed E-state index contributed by atoms with van der Waals surface area (Å²) in [6, 6.07) is 10.1. The summed E-state index contributed by atoms with van der Waals surface area (Å²) in [6.45, 7) is -0.353. The zero-order valence-corrected chi connectivity index (χ0v) is 17.5. The highest BCUT2D eigenvalue weighted by Crippen LogP contribution is 2.42. The van der Waals surface area contributed by atoms with Gasteiger partial charge < -0.3 is 9.84 Å². The monoisotopic (exact) mass is 441 g/mol. The lowest BCUT2D eigenvalue weighted by Gasteiger charge is -2.19. The predicted octanol–water partition coefficient (Wildman–Crippen LogP) is 1.11. The number of aromatic nitrogens is 2. The molecule has 162 valence electrons. The van der Waals surface area contributed by atoms with Crippen molar-refractivity contribution in [3.05, 3.63) is 65.2 Å². The van der Waals surface area contributed by atoms with Crippen LogP contribution in [0.2, 0.25) is 0 Å². The van der Waals surface area contributed by atoms with E-state index in [9.17, 15) is 13.5 Å². The third-order valence-corrected chi connectivity index (χ3v) is 6.05. The third kappa shape index (κ3) is 4.84. The largest absolute Gasteiger partial charge is 0.390 e. The number of rotatable bonds is 7. The molecule has 9 heteroatoms. The Hall–Kier alpha value is -2.61. The fraction of sp³-hybridized carbons (Fsp3) is 0.364. The maximum atomic E-state index is 11.0. The number of terminal acetylenes is 1. The van der Waals surface area contributed by atoms with E-state index in [0.29, 0.717) is 18.4 Å². The van der Waals surface area contributed by atoms with Gasteiger partial charge in [-0.05, 0) is 18.4 Å². The minimum Gasteiger partial charge on any atom is -0.390 e. The smallest absolute Gasteiger partial charge is 0.333 e. The highest BCUT2D eigenvalue weighted by Gasteiger charge is 2.42. The first-order chi connectivity index (χ1) is 14.9. The third-order valence-electron chi connectivity index (χ3n) is 5.58. The molecule has 1 aromatic heterocycles. The van der Waals surface area contributed by atoms with Crippen LogP contribution >= 0.6 is 0 Å². The number of aliphatic hydroxyl groups is 1. The zero-order chi connectivity index (χ0) is 22.0. The maximum Gasteiger partial charge on any atom is 0.333 e. The van der Waals surface area contributed by atoms with E-state index in [-0.39, 0.29) is 12.5 Å². The average Bonchev–Trinajstić information content (AvgIpc) is 3.31. The summed E-state index contributed by atoms with van der Waals surface area (Å²) in [5.41, 5.74) is 4.37. The Balaban J connectivity index is 1.54. The van der Waals surface area contributed by atoms with Crippen LogP contribution in [0.15, 0.2) is 42.7 Å². The number of hydrogen-bond acceptors (Lipinski definition) is 7. The number of nitrogens with zero attached hydrogens (tertiary/aromatic N) is 2. The Morgan fingerprint density at radius 2 is 2.03 bits per heavy atom. The van der Waals surface area contributed by atoms with Crippen molar-refractivity contribution in [3.8, 4) is 12.3 Å². The Labute approximate surface area is 181 Å². The summed E-state index contributed by atoms with van der Waals surface area (Å²) in [7, 11) is -4.12. The first kappa shape index (κ1) is 21.6. The van der Waals surface area contributed by atoms with Gasteiger partial charge in [0.05, 0.1) is 30.2 Å². The molecule has 4 atom stereocenters. The lowest BCUT2D eigenvalue weighted by atomic mass is 9.96. The molecule has 0 saturated carbocycles. The highest BCUT2D eigenvalue weighted by atomic mass is 32.2. The van der Waals surface area contributed by atoms with Gasteiger partial charge in [-0.25, -0.2) is 15.1 Å². The molecule has 1 aliphatic carbocycles. The van der Waals surface area contributed by atoms with Gasteiger partial charge in [-0.15, -0.1) is 6.42 Å². The lowest BCUT2D eigenvalue weighted by Crippen LogP contribution is -2.30.